The second kappa shape index (κ2) is 8.17. The number of rotatable bonds is 6. The van der Waals surface area contributed by atoms with Gasteiger partial charge >= 0.3 is 11.7 Å². The van der Waals surface area contributed by atoms with Crippen molar-refractivity contribution in [3.63, 3.8) is 0 Å². The number of hydrogen-bond acceptors (Lipinski definition) is 6. The number of oxime groups is 1. The zero-order valence-corrected chi connectivity index (χ0v) is 15.0. The van der Waals surface area contributed by atoms with Crippen LogP contribution in [-0.2, 0) is 11.3 Å². The van der Waals surface area contributed by atoms with Crippen LogP contribution in [0.3, 0.4) is 0 Å². The number of nitrogens with zero attached hydrogens (tertiary/aromatic N) is 2. The van der Waals surface area contributed by atoms with Crippen molar-refractivity contribution in [1.82, 2.24) is 0 Å². The third-order valence-electron chi connectivity index (χ3n) is 4.11. The van der Waals surface area contributed by atoms with Crippen LogP contribution in [0.1, 0.15) is 15.9 Å². The molecule has 0 heterocycles. The Hall–Kier alpha value is -3.94. The average Bonchev–Trinajstić information content (AvgIpc) is 2.71. The Morgan fingerprint density at radius 3 is 2.64 bits per heavy atom. The van der Waals surface area contributed by atoms with Crippen molar-refractivity contribution < 1.29 is 19.3 Å². The minimum Gasteiger partial charge on any atom is -0.490 e. The van der Waals surface area contributed by atoms with E-state index in [2.05, 4.69) is 5.16 Å². The number of ether oxygens (including phenoxy) is 1. The highest BCUT2D eigenvalue weighted by molar-refractivity contribution is 5.93. The Morgan fingerprint density at radius 1 is 1.14 bits per heavy atom. The molecule has 0 amide bonds. The van der Waals surface area contributed by atoms with E-state index in [-0.39, 0.29) is 29.3 Å². The molecule has 0 unspecified atom stereocenters. The first-order valence-corrected chi connectivity index (χ1v) is 8.32. The lowest BCUT2D eigenvalue weighted by molar-refractivity contribution is -0.385. The Morgan fingerprint density at radius 2 is 1.89 bits per heavy atom. The summed E-state index contributed by atoms with van der Waals surface area (Å²) < 4.78 is 4.90. The van der Waals surface area contributed by atoms with Crippen LogP contribution >= 0.6 is 0 Å². The zero-order chi connectivity index (χ0) is 20.1. The minimum absolute atomic E-state index is 0.0331. The van der Waals surface area contributed by atoms with E-state index in [0.29, 0.717) is 0 Å². The predicted octanol–water partition coefficient (Wildman–Crippen LogP) is 3.43. The second-order valence-corrected chi connectivity index (χ2v) is 5.92. The van der Waals surface area contributed by atoms with Crippen LogP contribution in [-0.4, -0.2) is 23.8 Å². The number of amidine groups is 1. The Labute approximate surface area is 160 Å². The molecule has 0 atom stereocenters. The molecule has 0 bridgehead atoms. The minimum atomic E-state index is -0.855. The molecule has 3 aromatic carbocycles. The molecule has 2 N–H and O–H groups in total. The van der Waals surface area contributed by atoms with Crippen molar-refractivity contribution in [1.29, 1.82) is 0 Å². The van der Waals surface area contributed by atoms with Gasteiger partial charge in [-0.15, -0.1) is 0 Å². The van der Waals surface area contributed by atoms with Gasteiger partial charge in [0.1, 0.15) is 5.84 Å². The number of nitrogens with two attached hydrogens (primary N) is 1. The fourth-order valence-electron chi connectivity index (χ4n) is 2.79. The highest BCUT2D eigenvalue weighted by Crippen LogP contribution is 2.27. The van der Waals surface area contributed by atoms with Crippen molar-refractivity contribution >= 4 is 28.3 Å². The van der Waals surface area contributed by atoms with E-state index in [9.17, 15) is 14.9 Å². The summed E-state index contributed by atoms with van der Waals surface area (Å²) in [5.41, 5.74) is 6.46. The highest BCUT2D eigenvalue weighted by atomic mass is 16.7. The van der Waals surface area contributed by atoms with Crippen LogP contribution in [0.25, 0.3) is 10.8 Å². The molecule has 3 aromatic rings. The zero-order valence-electron chi connectivity index (χ0n) is 15.0. The molecule has 8 heteroatoms. The summed E-state index contributed by atoms with van der Waals surface area (Å²) >= 11 is 0. The van der Waals surface area contributed by atoms with Crippen molar-refractivity contribution in [3.05, 3.63) is 81.9 Å². The third-order valence-corrected chi connectivity index (χ3v) is 4.11. The van der Waals surface area contributed by atoms with E-state index in [1.807, 2.05) is 42.5 Å². The van der Waals surface area contributed by atoms with Gasteiger partial charge < -0.3 is 15.3 Å². The molecule has 0 aromatic heterocycles. The topological polar surface area (TPSA) is 117 Å². The first kappa shape index (κ1) is 18.8. The largest absolute Gasteiger partial charge is 0.490 e. The van der Waals surface area contributed by atoms with Crippen LogP contribution in [0.15, 0.2) is 65.8 Å². The van der Waals surface area contributed by atoms with E-state index in [0.717, 1.165) is 22.4 Å². The van der Waals surface area contributed by atoms with Crippen LogP contribution in [0.2, 0.25) is 0 Å². The van der Waals surface area contributed by atoms with E-state index >= 15 is 0 Å². The number of fused-ring (bicyclic) bond motifs is 1. The molecule has 28 heavy (non-hydrogen) atoms. The highest BCUT2D eigenvalue weighted by Gasteiger charge is 2.19. The van der Waals surface area contributed by atoms with E-state index < -0.39 is 10.9 Å². The summed E-state index contributed by atoms with van der Waals surface area (Å²) in [4.78, 5) is 27.4. The molecule has 3 rings (SSSR count). The first-order chi connectivity index (χ1) is 13.5. The van der Waals surface area contributed by atoms with E-state index in [4.69, 9.17) is 15.3 Å². The predicted molar refractivity (Wildman–Crippen MR) is 104 cm³/mol. The van der Waals surface area contributed by atoms with Crippen LogP contribution in [0.5, 0.6) is 5.75 Å². The molecule has 142 valence electrons. The molecule has 0 spiro atoms. The summed E-state index contributed by atoms with van der Waals surface area (Å²) in [5, 5.41) is 16.8. The number of carbonyl (C=O) groups is 1. The van der Waals surface area contributed by atoms with E-state index in [1.165, 1.54) is 19.2 Å². The summed E-state index contributed by atoms with van der Waals surface area (Å²) in [7, 11) is 1.30. The van der Waals surface area contributed by atoms with Gasteiger partial charge in [0.05, 0.1) is 17.6 Å². The van der Waals surface area contributed by atoms with Gasteiger partial charge in [-0.25, -0.2) is 4.79 Å². The normalized spacial score (nSPS) is 11.2. The maximum atomic E-state index is 12.1. The van der Waals surface area contributed by atoms with Gasteiger partial charge in [-0.3, -0.25) is 10.1 Å². The number of methoxy groups -OCH3 is 1. The number of nitro groups is 1. The van der Waals surface area contributed by atoms with Crippen LogP contribution < -0.4 is 10.5 Å². The first-order valence-electron chi connectivity index (χ1n) is 8.32. The smallest absolute Gasteiger partial charge is 0.366 e. The summed E-state index contributed by atoms with van der Waals surface area (Å²) in [6.45, 7) is 0. The molecule has 0 saturated heterocycles. The third kappa shape index (κ3) is 4.07. The molecular weight excluding hydrogens is 362 g/mol. The van der Waals surface area contributed by atoms with Crippen LogP contribution in [0.4, 0.5) is 5.69 Å². The van der Waals surface area contributed by atoms with Crippen molar-refractivity contribution in [2.24, 2.45) is 10.9 Å². The molecule has 0 fully saturated rings. The van der Waals surface area contributed by atoms with Crippen molar-refractivity contribution in [2.45, 2.75) is 6.42 Å². The van der Waals surface area contributed by atoms with Crippen LogP contribution in [0, 0.1) is 10.1 Å². The molecule has 0 saturated carbocycles. The van der Waals surface area contributed by atoms with Crippen molar-refractivity contribution in [2.75, 3.05) is 7.11 Å². The maximum Gasteiger partial charge on any atom is 0.366 e. The van der Waals surface area contributed by atoms with Gasteiger partial charge in [-0.1, -0.05) is 47.6 Å². The average molecular weight is 379 g/mol. The Balaban J connectivity index is 1.75. The van der Waals surface area contributed by atoms with Gasteiger partial charge in [0, 0.05) is 12.5 Å². The lowest BCUT2D eigenvalue weighted by Crippen LogP contribution is -2.17. The maximum absolute atomic E-state index is 12.1. The van der Waals surface area contributed by atoms with Crippen molar-refractivity contribution in [3.8, 4) is 5.75 Å². The van der Waals surface area contributed by atoms with Gasteiger partial charge in [0.2, 0.25) is 0 Å². The number of carbonyl (C=O) groups excluding carboxylic acids is 1. The van der Waals surface area contributed by atoms with Gasteiger partial charge in [-0.2, -0.15) is 0 Å². The molecule has 0 aliphatic heterocycles. The quantitative estimate of drug-likeness (QED) is 0.230. The lowest BCUT2D eigenvalue weighted by atomic mass is 10.0. The number of benzene rings is 3. The number of hydrogen-bond donors (Lipinski definition) is 1. The lowest BCUT2D eigenvalue weighted by Gasteiger charge is -2.06. The molecular formula is C20H17N3O5. The SMILES string of the molecule is COc1ccc(C(=O)ON=C(N)Cc2cccc3ccccc23)cc1[N+](=O)[O-]. The summed E-state index contributed by atoms with van der Waals surface area (Å²) in [6, 6.07) is 17.4. The fourth-order valence-corrected chi connectivity index (χ4v) is 2.79. The second-order valence-electron chi connectivity index (χ2n) is 5.92. The summed E-state index contributed by atoms with van der Waals surface area (Å²) in [5.74, 6) is -0.708. The van der Waals surface area contributed by atoms with Gasteiger partial charge in [0.25, 0.3) is 0 Å². The van der Waals surface area contributed by atoms with Gasteiger partial charge in [0.15, 0.2) is 5.75 Å². The molecule has 0 aliphatic rings. The fraction of sp³-hybridized carbons (Fsp3) is 0.100. The summed E-state index contributed by atoms with van der Waals surface area (Å²) in [6.07, 6.45) is 0.289. The van der Waals surface area contributed by atoms with Gasteiger partial charge in [-0.05, 0) is 28.5 Å². The Kier molecular flexibility index (Phi) is 5.50. The monoisotopic (exact) mass is 379 g/mol. The van der Waals surface area contributed by atoms with E-state index in [1.54, 1.807) is 0 Å². The molecule has 0 radical (unpaired) electrons. The standard InChI is InChI=1S/C20H17N3O5/c1-27-18-10-9-15(11-17(18)23(25)26)20(24)28-22-19(21)12-14-7-4-6-13-5-2-3-8-16(13)14/h2-11H,12H2,1H3,(H2,21,22). The molecule has 8 nitrogen and oxygen atoms in total. The molecule has 0 aliphatic carbocycles. The Bertz CT molecular complexity index is 1070. The number of nitro benzene ring substituents is 1.